The van der Waals surface area contributed by atoms with Gasteiger partial charge in [-0.05, 0) is 31.9 Å². The van der Waals surface area contributed by atoms with E-state index in [-0.39, 0.29) is 30.5 Å². The maximum Gasteiger partial charge on any atom is 0.307 e. The first-order chi connectivity index (χ1) is 9.93. The summed E-state index contributed by atoms with van der Waals surface area (Å²) in [6.45, 7) is 6.27. The molecule has 0 radical (unpaired) electrons. The fraction of sp³-hybridized carbons (Fsp3) is 0.500. The zero-order chi connectivity index (χ0) is 15.6. The third-order valence-electron chi connectivity index (χ3n) is 3.89. The van der Waals surface area contributed by atoms with Crippen molar-refractivity contribution in [1.29, 1.82) is 0 Å². The van der Waals surface area contributed by atoms with Gasteiger partial charge in [-0.3, -0.25) is 14.9 Å². The maximum atomic E-state index is 12.3. The normalized spacial score (nSPS) is 21.7. The summed E-state index contributed by atoms with van der Waals surface area (Å²) in [7, 11) is 1.36. The molecule has 1 aliphatic heterocycles. The molecule has 114 valence electrons. The van der Waals surface area contributed by atoms with Crippen LogP contribution in [0.1, 0.15) is 36.2 Å². The lowest BCUT2D eigenvalue weighted by Gasteiger charge is -2.25. The highest BCUT2D eigenvalue weighted by molar-refractivity contribution is 5.84. The number of carbonyl (C=O) groups is 2. The van der Waals surface area contributed by atoms with Crippen LogP contribution >= 0.6 is 0 Å². The molecule has 5 heteroatoms. The van der Waals surface area contributed by atoms with Crippen molar-refractivity contribution in [2.45, 2.75) is 39.4 Å². The van der Waals surface area contributed by atoms with E-state index in [1.54, 1.807) is 4.90 Å². The Hall–Kier alpha value is -1.88. The standard InChI is InChI=1S/C16H22N2O3/c1-10-5-6-11(2)13(9-10)15-17-12(3)16(20)18(15)8-7-14(19)21-4/h5-6,9,12,15,17H,7-8H2,1-4H3. The monoisotopic (exact) mass is 290 g/mol. The quantitative estimate of drug-likeness (QED) is 0.857. The van der Waals surface area contributed by atoms with E-state index in [0.29, 0.717) is 6.54 Å². The van der Waals surface area contributed by atoms with E-state index in [1.807, 2.05) is 20.8 Å². The Morgan fingerprint density at radius 2 is 2.10 bits per heavy atom. The van der Waals surface area contributed by atoms with Gasteiger partial charge in [0.2, 0.25) is 5.91 Å². The number of nitrogens with one attached hydrogen (secondary N) is 1. The van der Waals surface area contributed by atoms with E-state index in [1.165, 1.54) is 7.11 Å². The molecule has 2 unspecified atom stereocenters. The van der Waals surface area contributed by atoms with Gasteiger partial charge in [-0.1, -0.05) is 23.8 Å². The summed E-state index contributed by atoms with van der Waals surface area (Å²) in [4.78, 5) is 25.4. The van der Waals surface area contributed by atoms with Crippen LogP contribution in [-0.2, 0) is 14.3 Å². The van der Waals surface area contributed by atoms with Crippen LogP contribution in [0.4, 0.5) is 0 Å². The fourth-order valence-electron chi connectivity index (χ4n) is 2.64. The van der Waals surface area contributed by atoms with Crippen molar-refractivity contribution in [1.82, 2.24) is 10.2 Å². The number of hydrogen-bond acceptors (Lipinski definition) is 4. The minimum absolute atomic E-state index is 0.0183. The van der Waals surface area contributed by atoms with Crippen LogP contribution in [0.25, 0.3) is 0 Å². The van der Waals surface area contributed by atoms with Crippen molar-refractivity contribution in [2.75, 3.05) is 13.7 Å². The highest BCUT2D eigenvalue weighted by Crippen LogP contribution is 2.28. The van der Waals surface area contributed by atoms with Gasteiger partial charge in [0.05, 0.1) is 19.6 Å². The van der Waals surface area contributed by atoms with E-state index >= 15 is 0 Å². The molecule has 1 heterocycles. The van der Waals surface area contributed by atoms with Gasteiger partial charge in [-0.25, -0.2) is 0 Å². The van der Waals surface area contributed by atoms with Crippen molar-refractivity contribution in [3.05, 3.63) is 34.9 Å². The molecule has 1 amide bonds. The second-order valence-electron chi connectivity index (χ2n) is 5.51. The van der Waals surface area contributed by atoms with Crippen LogP contribution in [0.3, 0.4) is 0 Å². The molecule has 5 nitrogen and oxygen atoms in total. The molecule has 1 N–H and O–H groups in total. The topological polar surface area (TPSA) is 58.6 Å². The largest absolute Gasteiger partial charge is 0.469 e. The number of benzene rings is 1. The average Bonchev–Trinajstić information content (AvgIpc) is 2.74. The predicted octanol–water partition coefficient (Wildman–Crippen LogP) is 1.69. The predicted molar refractivity (Wildman–Crippen MR) is 79.6 cm³/mol. The van der Waals surface area contributed by atoms with Gasteiger partial charge in [0, 0.05) is 6.54 Å². The van der Waals surface area contributed by atoms with Gasteiger partial charge in [0.15, 0.2) is 0 Å². The van der Waals surface area contributed by atoms with E-state index in [0.717, 1.165) is 16.7 Å². The second kappa shape index (κ2) is 6.26. The number of carbonyl (C=O) groups excluding carboxylic acids is 2. The van der Waals surface area contributed by atoms with Crippen LogP contribution in [0.15, 0.2) is 18.2 Å². The Morgan fingerprint density at radius 1 is 1.38 bits per heavy atom. The zero-order valence-electron chi connectivity index (χ0n) is 13.0. The van der Waals surface area contributed by atoms with Crippen LogP contribution in [0.2, 0.25) is 0 Å². The Balaban J connectivity index is 2.25. The second-order valence-corrected chi connectivity index (χ2v) is 5.51. The van der Waals surface area contributed by atoms with Crippen molar-refractivity contribution >= 4 is 11.9 Å². The number of amides is 1. The van der Waals surface area contributed by atoms with Crippen molar-refractivity contribution in [3.63, 3.8) is 0 Å². The third kappa shape index (κ3) is 3.24. The molecule has 2 rings (SSSR count). The van der Waals surface area contributed by atoms with Crippen LogP contribution in [0.5, 0.6) is 0 Å². The SMILES string of the molecule is COC(=O)CCN1C(=O)C(C)NC1c1cc(C)ccc1C. The lowest BCUT2D eigenvalue weighted by Crippen LogP contribution is -2.33. The van der Waals surface area contributed by atoms with Gasteiger partial charge >= 0.3 is 5.97 Å². The molecule has 1 aromatic rings. The molecule has 0 bridgehead atoms. The summed E-state index contributed by atoms with van der Waals surface area (Å²) in [5.41, 5.74) is 3.36. The summed E-state index contributed by atoms with van der Waals surface area (Å²) in [5.74, 6) is -0.285. The van der Waals surface area contributed by atoms with Gasteiger partial charge in [-0.2, -0.15) is 0 Å². The zero-order valence-corrected chi connectivity index (χ0v) is 13.0. The molecule has 2 atom stereocenters. The fourth-order valence-corrected chi connectivity index (χ4v) is 2.64. The number of methoxy groups -OCH3 is 1. The smallest absolute Gasteiger partial charge is 0.307 e. The molecule has 0 aliphatic carbocycles. The van der Waals surface area contributed by atoms with Crippen molar-refractivity contribution < 1.29 is 14.3 Å². The Kier molecular flexibility index (Phi) is 4.63. The molecule has 1 saturated heterocycles. The Labute approximate surface area is 125 Å². The molecule has 1 fully saturated rings. The van der Waals surface area contributed by atoms with Crippen LogP contribution in [0, 0.1) is 13.8 Å². The third-order valence-corrected chi connectivity index (χ3v) is 3.89. The molecule has 0 saturated carbocycles. The molecule has 21 heavy (non-hydrogen) atoms. The summed E-state index contributed by atoms with van der Waals surface area (Å²) in [6, 6.07) is 5.95. The molecule has 1 aliphatic rings. The average molecular weight is 290 g/mol. The number of ether oxygens (including phenoxy) is 1. The van der Waals surface area contributed by atoms with Gasteiger partial charge < -0.3 is 9.64 Å². The number of esters is 1. The Morgan fingerprint density at radius 3 is 2.76 bits per heavy atom. The highest BCUT2D eigenvalue weighted by Gasteiger charge is 2.37. The van der Waals surface area contributed by atoms with Crippen LogP contribution < -0.4 is 5.32 Å². The first kappa shape index (κ1) is 15.5. The highest BCUT2D eigenvalue weighted by atomic mass is 16.5. The number of hydrogen-bond donors (Lipinski definition) is 1. The minimum atomic E-state index is -0.304. The summed E-state index contributed by atoms with van der Waals surface area (Å²) >= 11 is 0. The lowest BCUT2D eigenvalue weighted by molar-refractivity contribution is -0.141. The van der Waals surface area contributed by atoms with Crippen molar-refractivity contribution in [3.8, 4) is 0 Å². The van der Waals surface area contributed by atoms with E-state index in [2.05, 4.69) is 28.3 Å². The summed E-state index contributed by atoms with van der Waals surface area (Å²) in [6.07, 6.45) is 0.0231. The van der Waals surface area contributed by atoms with E-state index < -0.39 is 0 Å². The first-order valence-corrected chi connectivity index (χ1v) is 7.14. The Bertz CT molecular complexity index is 556. The maximum absolute atomic E-state index is 12.3. The van der Waals surface area contributed by atoms with E-state index in [9.17, 15) is 9.59 Å². The van der Waals surface area contributed by atoms with Gasteiger partial charge in [-0.15, -0.1) is 0 Å². The lowest BCUT2D eigenvalue weighted by atomic mass is 10.0. The molecule has 1 aromatic carbocycles. The minimum Gasteiger partial charge on any atom is -0.469 e. The molecular formula is C16H22N2O3. The number of rotatable bonds is 4. The van der Waals surface area contributed by atoms with E-state index in [4.69, 9.17) is 0 Å². The number of nitrogens with zero attached hydrogens (tertiary/aromatic N) is 1. The van der Waals surface area contributed by atoms with Gasteiger partial charge in [0.1, 0.15) is 6.17 Å². The molecule has 0 aromatic heterocycles. The summed E-state index contributed by atoms with van der Waals surface area (Å²) in [5, 5.41) is 3.30. The van der Waals surface area contributed by atoms with Crippen LogP contribution in [-0.4, -0.2) is 36.5 Å². The molecular weight excluding hydrogens is 268 g/mol. The molecule has 0 spiro atoms. The number of aryl methyl sites for hydroxylation is 2. The van der Waals surface area contributed by atoms with Crippen molar-refractivity contribution in [2.24, 2.45) is 0 Å². The summed E-state index contributed by atoms with van der Waals surface area (Å²) < 4.78 is 4.66. The van der Waals surface area contributed by atoms with Gasteiger partial charge in [0.25, 0.3) is 0 Å². The first-order valence-electron chi connectivity index (χ1n) is 7.14.